The number of nitrogens with zero attached hydrogens (tertiary/aromatic N) is 2. The van der Waals surface area contributed by atoms with E-state index in [4.69, 9.17) is 4.74 Å². The first-order chi connectivity index (χ1) is 15.4. The molecule has 1 fully saturated rings. The summed E-state index contributed by atoms with van der Waals surface area (Å²) in [7, 11) is 1.67. The lowest BCUT2D eigenvalue weighted by Crippen LogP contribution is -2.35. The summed E-state index contributed by atoms with van der Waals surface area (Å²) in [5.74, 6) is 1.48. The van der Waals surface area contributed by atoms with E-state index in [1.807, 2.05) is 17.9 Å². The number of thiazole rings is 1. The molecule has 1 aromatic heterocycles. The van der Waals surface area contributed by atoms with Gasteiger partial charge in [-0.1, -0.05) is 24.3 Å². The number of aryl methyl sites for hydroxylation is 3. The quantitative estimate of drug-likeness (QED) is 0.341. The van der Waals surface area contributed by atoms with Crippen LogP contribution in [-0.4, -0.2) is 36.0 Å². The molecule has 168 valence electrons. The van der Waals surface area contributed by atoms with Crippen molar-refractivity contribution in [3.8, 4) is 16.2 Å². The molecule has 0 unspecified atom stereocenters. The van der Waals surface area contributed by atoms with Gasteiger partial charge in [-0.05, 0) is 96.3 Å². The molecule has 0 spiro atoms. The number of carbonyl (C=O) groups excluding carboxylic acids is 1. The average molecular weight is 514 g/mol. The van der Waals surface area contributed by atoms with Gasteiger partial charge in [0.05, 0.1) is 21.5 Å². The Bertz CT molecular complexity index is 1140. The zero-order chi connectivity index (χ0) is 22.8. The fourth-order valence-electron chi connectivity index (χ4n) is 3.82. The van der Waals surface area contributed by atoms with Gasteiger partial charge in [-0.25, -0.2) is 4.98 Å². The van der Waals surface area contributed by atoms with E-state index in [9.17, 15) is 4.79 Å². The molecule has 1 saturated carbocycles. The SMILES string of the molecule is COc1ccc(CCN(CC2CC2)C(=O)c2nc(C)sc2-c2ccc(C)c(C)c2)cc1Br. The number of ether oxygens (including phenoxy) is 1. The molecule has 0 bridgehead atoms. The lowest BCUT2D eigenvalue weighted by molar-refractivity contribution is 0.0745. The van der Waals surface area contributed by atoms with Crippen molar-refractivity contribution in [2.75, 3.05) is 20.2 Å². The zero-order valence-electron chi connectivity index (χ0n) is 19.1. The molecule has 0 radical (unpaired) electrons. The van der Waals surface area contributed by atoms with Crippen molar-refractivity contribution in [1.29, 1.82) is 0 Å². The number of rotatable bonds is 8. The molecule has 4 rings (SSSR count). The Morgan fingerprint density at radius 2 is 1.94 bits per heavy atom. The predicted octanol–water partition coefficient (Wildman–Crippen LogP) is 6.60. The third kappa shape index (κ3) is 5.24. The highest BCUT2D eigenvalue weighted by Crippen LogP contribution is 2.34. The monoisotopic (exact) mass is 512 g/mol. The first-order valence-electron chi connectivity index (χ1n) is 11.0. The number of halogens is 1. The minimum atomic E-state index is 0.0436. The normalized spacial score (nSPS) is 13.3. The van der Waals surface area contributed by atoms with E-state index in [1.165, 1.54) is 29.5 Å². The Morgan fingerprint density at radius 1 is 1.16 bits per heavy atom. The van der Waals surface area contributed by atoms with Gasteiger partial charge in [0.15, 0.2) is 0 Å². The van der Waals surface area contributed by atoms with E-state index >= 15 is 0 Å². The van der Waals surface area contributed by atoms with Crippen LogP contribution in [0.5, 0.6) is 5.75 Å². The van der Waals surface area contributed by atoms with Crippen LogP contribution in [0.2, 0.25) is 0 Å². The molecular formula is C26H29BrN2O2S. The molecule has 1 heterocycles. The maximum absolute atomic E-state index is 13.7. The first kappa shape index (κ1) is 23.0. The third-order valence-electron chi connectivity index (χ3n) is 6.06. The molecule has 4 nitrogen and oxygen atoms in total. The average Bonchev–Trinajstić information content (AvgIpc) is 3.51. The van der Waals surface area contributed by atoms with Crippen LogP contribution in [0.4, 0.5) is 0 Å². The zero-order valence-corrected chi connectivity index (χ0v) is 21.5. The topological polar surface area (TPSA) is 42.4 Å². The highest BCUT2D eigenvalue weighted by atomic mass is 79.9. The summed E-state index contributed by atoms with van der Waals surface area (Å²) in [5.41, 5.74) is 5.32. The van der Waals surface area contributed by atoms with Crippen molar-refractivity contribution in [1.82, 2.24) is 9.88 Å². The summed E-state index contributed by atoms with van der Waals surface area (Å²) in [5, 5.41) is 0.923. The fraction of sp³-hybridized carbons (Fsp3) is 0.385. The van der Waals surface area contributed by atoms with Crippen molar-refractivity contribution in [3.63, 3.8) is 0 Å². The van der Waals surface area contributed by atoms with Gasteiger partial charge >= 0.3 is 0 Å². The highest BCUT2D eigenvalue weighted by molar-refractivity contribution is 9.10. The van der Waals surface area contributed by atoms with E-state index in [-0.39, 0.29) is 5.91 Å². The van der Waals surface area contributed by atoms with E-state index in [0.29, 0.717) is 18.2 Å². The molecule has 6 heteroatoms. The van der Waals surface area contributed by atoms with Gasteiger partial charge in [0.2, 0.25) is 0 Å². The van der Waals surface area contributed by atoms with Gasteiger partial charge < -0.3 is 9.64 Å². The second-order valence-electron chi connectivity index (χ2n) is 8.62. The van der Waals surface area contributed by atoms with Gasteiger partial charge in [-0.2, -0.15) is 0 Å². The van der Waals surface area contributed by atoms with Crippen molar-refractivity contribution in [2.45, 2.75) is 40.0 Å². The number of aromatic nitrogens is 1. The van der Waals surface area contributed by atoms with Crippen LogP contribution < -0.4 is 4.74 Å². The molecule has 0 aliphatic heterocycles. The van der Waals surface area contributed by atoms with Crippen LogP contribution in [0.1, 0.15) is 45.0 Å². The fourth-order valence-corrected chi connectivity index (χ4v) is 5.31. The molecule has 0 N–H and O–H groups in total. The van der Waals surface area contributed by atoms with Gasteiger partial charge in [0.1, 0.15) is 11.4 Å². The van der Waals surface area contributed by atoms with Crippen LogP contribution in [0.15, 0.2) is 40.9 Å². The van der Waals surface area contributed by atoms with Gasteiger partial charge in [0, 0.05) is 13.1 Å². The van der Waals surface area contributed by atoms with Crippen molar-refractivity contribution in [2.24, 2.45) is 5.92 Å². The summed E-state index contributed by atoms with van der Waals surface area (Å²) >= 11 is 5.17. The maximum Gasteiger partial charge on any atom is 0.274 e. The second kappa shape index (κ2) is 9.75. The summed E-state index contributed by atoms with van der Waals surface area (Å²) < 4.78 is 6.27. The minimum Gasteiger partial charge on any atom is -0.496 e. The van der Waals surface area contributed by atoms with E-state index in [2.05, 4.69) is 65.1 Å². The lowest BCUT2D eigenvalue weighted by Gasteiger charge is -2.23. The Balaban J connectivity index is 1.58. The Hall–Kier alpha value is -2.18. The van der Waals surface area contributed by atoms with E-state index < -0.39 is 0 Å². The molecular weight excluding hydrogens is 484 g/mol. The number of hydrogen-bond donors (Lipinski definition) is 0. The lowest BCUT2D eigenvalue weighted by atomic mass is 10.0. The van der Waals surface area contributed by atoms with Crippen LogP contribution in [-0.2, 0) is 6.42 Å². The second-order valence-corrected chi connectivity index (χ2v) is 10.7. The maximum atomic E-state index is 13.7. The number of carbonyl (C=O) groups is 1. The standard InChI is InChI=1S/C26H29BrN2O2S/c1-16-5-9-21(13-17(16)2)25-24(28-18(3)32-25)26(30)29(15-20-6-7-20)12-11-19-8-10-23(31-4)22(27)14-19/h5,8-10,13-14,20H,6-7,11-12,15H2,1-4H3. The predicted molar refractivity (Wildman–Crippen MR) is 135 cm³/mol. The number of methoxy groups -OCH3 is 1. The van der Waals surface area contributed by atoms with E-state index in [0.717, 1.165) is 38.6 Å². The third-order valence-corrected chi connectivity index (χ3v) is 7.69. The summed E-state index contributed by atoms with van der Waals surface area (Å²) in [6, 6.07) is 12.5. The Labute approximate surface area is 202 Å². The van der Waals surface area contributed by atoms with Crippen molar-refractivity contribution in [3.05, 3.63) is 68.3 Å². The summed E-state index contributed by atoms with van der Waals surface area (Å²) in [6.07, 6.45) is 3.21. The highest BCUT2D eigenvalue weighted by Gasteiger charge is 2.30. The molecule has 2 aromatic carbocycles. The van der Waals surface area contributed by atoms with E-state index in [1.54, 1.807) is 18.4 Å². The Kier molecular flexibility index (Phi) is 7.01. The first-order valence-corrected chi connectivity index (χ1v) is 12.6. The van der Waals surface area contributed by atoms with Crippen LogP contribution in [0.3, 0.4) is 0 Å². The van der Waals surface area contributed by atoms with Gasteiger partial charge in [-0.15, -0.1) is 11.3 Å². The molecule has 1 aliphatic rings. The molecule has 0 saturated heterocycles. The van der Waals surface area contributed by atoms with Crippen LogP contribution in [0, 0.1) is 26.7 Å². The molecule has 32 heavy (non-hydrogen) atoms. The number of amides is 1. The molecule has 1 aliphatic carbocycles. The molecule has 3 aromatic rings. The smallest absolute Gasteiger partial charge is 0.274 e. The van der Waals surface area contributed by atoms with Crippen LogP contribution >= 0.6 is 27.3 Å². The van der Waals surface area contributed by atoms with Crippen LogP contribution in [0.25, 0.3) is 10.4 Å². The summed E-state index contributed by atoms with van der Waals surface area (Å²) in [6.45, 7) is 7.68. The summed E-state index contributed by atoms with van der Waals surface area (Å²) in [4.78, 5) is 21.4. The molecule has 1 amide bonds. The van der Waals surface area contributed by atoms with Gasteiger partial charge in [-0.3, -0.25) is 4.79 Å². The number of benzene rings is 2. The van der Waals surface area contributed by atoms with Gasteiger partial charge in [0.25, 0.3) is 5.91 Å². The largest absolute Gasteiger partial charge is 0.496 e. The Morgan fingerprint density at radius 3 is 2.59 bits per heavy atom. The van der Waals surface area contributed by atoms with Crippen molar-refractivity contribution < 1.29 is 9.53 Å². The number of hydrogen-bond acceptors (Lipinski definition) is 4. The molecule has 0 atom stereocenters. The van der Waals surface area contributed by atoms with Crippen molar-refractivity contribution >= 4 is 33.2 Å². The minimum absolute atomic E-state index is 0.0436.